The molecule has 0 aliphatic carbocycles. The maximum atomic E-state index is 8.78. The van der Waals surface area contributed by atoms with E-state index in [0.717, 1.165) is 15.8 Å². The Morgan fingerprint density at radius 1 is 1.22 bits per heavy atom. The number of halogens is 1. The minimum absolute atomic E-state index is 0.476. The zero-order chi connectivity index (χ0) is 12.8. The van der Waals surface area contributed by atoms with Crippen LogP contribution >= 0.6 is 15.9 Å². The van der Waals surface area contributed by atoms with Crippen molar-refractivity contribution < 1.29 is 0 Å². The van der Waals surface area contributed by atoms with Crippen LogP contribution in [-0.4, -0.2) is 11.5 Å². The van der Waals surface area contributed by atoms with Crippen molar-refractivity contribution in [2.45, 2.75) is 6.42 Å². The maximum absolute atomic E-state index is 8.78. The molecule has 0 saturated heterocycles. The Kier molecular flexibility index (Phi) is 4.32. The van der Waals surface area contributed by atoms with Gasteiger partial charge in [0.05, 0.1) is 22.7 Å². The van der Waals surface area contributed by atoms with Crippen molar-refractivity contribution >= 4 is 27.3 Å². The van der Waals surface area contributed by atoms with Crippen molar-refractivity contribution in [3.8, 4) is 6.07 Å². The van der Waals surface area contributed by atoms with Gasteiger partial charge in [0.2, 0.25) is 0 Å². The largest absolute Gasteiger partial charge is 0.339 e. The molecule has 1 heterocycles. The Balaban J connectivity index is 2.38. The lowest BCUT2D eigenvalue weighted by atomic mass is 10.2. The van der Waals surface area contributed by atoms with Gasteiger partial charge in [-0.3, -0.25) is 4.98 Å². The second kappa shape index (κ2) is 6.18. The Labute approximate surface area is 115 Å². The molecule has 2 aromatic rings. The molecule has 90 valence electrons. The van der Waals surface area contributed by atoms with Gasteiger partial charge in [0.25, 0.3) is 0 Å². The fourth-order valence-corrected chi connectivity index (χ4v) is 2.21. The highest BCUT2D eigenvalue weighted by Gasteiger charge is 2.11. The van der Waals surface area contributed by atoms with Crippen LogP contribution in [0.4, 0.5) is 11.4 Å². The number of rotatable bonds is 4. The number of hydrogen-bond donors (Lipinski definition) is 0. The number of para-hydroxylation sites is 1. The van der Waals surface area contributed by atoms with Gasteiger partial charge in [-0.05, 0) is 34.1 Å². The topological polar surface area (TPSA) is 39.9 Å². The van der Waals surface area contributed by atoms with E-state index in [0.29, 0.717) is 13.0 Å². The van der Waals surface area contributed by atoms with Crippen LogP contribution in [0, 0.1) is 11.3 Å². The number of pyridine rings is 1. The predicted octanol–water partition coefficient (Wildman–Crippen LogP) is 3.90. The summed E-state index contributed by atoms with van der Waals surface area (Å²) >= 11 is 3.50. The summed E-state index contributed by atoms with van der Waals surface area (Å²) in [6, 6.07) is 14.1. The summed E-state index contributed by atoms with van der Waals surface area (Å²) in [4.78, 5) is 6.17. The molecule has 0 aliphatic heterocycles. The van der Waals surface area contributed by atoms with E-state index in [-0.39, 0.29) is 0 Å². The van der Waals surface area contributed by atoms with E-state index in [9.17, 15) is 0 Å². The van der Waals surface area contributed by atoms with E-state index in [1.54, 1.807) is 12.4 Å². The molecule has 0 N–H and O–H groups in total. The SMILES string of the molecule is N#CCCN(c1ccccc1)c1ccncc1Br. The Bertz CT molecular complexity index is 548. The fraction of sp³-hybridized carbons (Fsp3) is 0.143. The first kappa shape index (κ1) is 12.6. The van der Waals surface area contributed by atoms with Gasteiger partial charge in [-0.1, -0.05) is 18.2 Å². The number of anilines is 2. The van der Waals surface area contributed by atoms with Crippen molar-refractivity contribution in [1.29, 1.82) is 5.26 Å². The molecular weight excluding hydrogens is 290 g/mol. The van der Waals surface area contributed by atoms with E-state index in [4.69, 9.17) is 5.26 Å². The van der Waals surface area contributed by atoms with Gasteiger partial charge in [-0.25, -0.2) is 0 Å². The minimum Gasteiger partial charge on any atom is -0.339 e. The van der Waals surface area contributed by atoms with Gasteiger partial charge in [0, 0.05) is 24.6 Å². The van der Waals surface area contributed by atoms with Crippen LogP contribution in [0.3, 0.4) is 0 Å². The molecule has 0 bridgehead atoms. The summed E-state index contributed by atoms with van der Waals surface area (Å²) in [5, 5.41) is 8.78. The lowest BCUT2D eigenvalue weighted by Gasteiger charge is -2.24. The maximum Gasteiger partial charge on any atom is 0.0640 e. The van der Waals surface area contributed by atoms with E-state index in [1.165, 1.54) is 0 Å². The van der Waals surface area contributed by atoms with Crippen molar-refractivity contribution in [3.63, 3.8) is 0 Å². The molecular formula is C14H12BrN3. The van der Waals surface area contributed by atoms with E-state index in [2.05, 4.69) is 31.9 Å². The lowest BCUT2D eigenvalue weighted by Crippen LogP contribution is -2.18. The van der Waals surface area contributed by atoms with Gasteiger partial charge in [0.15, 0.2) is 0 Å². The third-order valence-corrected chi connectivity index (χ3v) is 3.17. The minimum atomic E-state index is 0.476. The second-order valence-electron chi connectivity index (χ2n) is 3.72. The normalized spacial score (nSPS) is 9.78. The third kappa shape index (κ3) is 2.88. The predicted molar refractivity (Wildman–Crippen MR) is 75.6 cm³/mol. The summed E-state index contributed by atoms with van der Waals surface area (Å²) in [5.74, 6) is 0. The van der Waals surface area contributed by atoms with Crippen molar-refractivity contribution in [2.75, 3.05) is 11.4 Å². The van der Waals surface area contributed by atoms with Crippen LogP contribution in [0.15, 0.2) is 53.3 Å². The average molecular weight is 302 g/mol. The highest BCUT2D eigenvalue weighted by molar-refractivity contribution is 9.10. The van der Waals surface area contributed by atoms with Crippen molar-refractivity contribution in [3.05, 3.63) is 53.3 Å². The van der Waals surface area contributed by atoms with Crippen molar-refractivity contribution in [1.82, 2.24) is 4.98 Å². The molecule has 0 aliphatic rings. The zero-order valence-electron chi connectivity index (χ0n) is 9.75. The van der Waals surface area contributed by atoms with Gasteiger partial charge in [0.1, 0.15) is 0 Å². The molecule has 0 amide bonds. The molecule has 0 saturated carbocycles. The van der Waals surface area contributed by atoms with Crippen LogP contribution in [-0.2, 0) is 0 Å². The Morgan fingerprint density at radius 3 is 2.67 bits per heavy atom. The first-order valence-electron chi connectivity index (χ1n) is 5.62. The molecule has 0 fully saturated rings. The quantitative estimate of drug-likeness (QED) is 0.860. The standard InChI is InChI=1S/C14H12BrN3/c15-13-11-17-9-7-14(13)18(10-4-8-16)12-5-2-1-3-6-12/h1-3,5-7,9,11H,4,10H2. The highest BCUT2D eigenvalue weighted by Crippen LogP contribution is 2.31. The molecule has 0 atom stereocenters. The average Bonchev–Trinajstić information content (AvgIpc) is 2.42. The summed E-state index contributed by atoms with van der Waals surface area (Å²) in [6.45, 7) is 0.656. The van der Waals surface area contributed by atoms with Gasteiger partial charge >= 0.3 is 0 Å². The van der Waals surface area contributed by atoms with Gasteiger partial charge < -0.3 is 4.90 Å². The molecule has 0 spiro atoms. The van der Waals surface area contributed by atoms with Crippen LogP contribution in [0.25, 0.3) is 0 Å². The number of nitriles is 1. The zero-order valence-corrected chi connectivity index (χ0v) is 11.3. The summed E-state index contributed by atoms with van der Waals surface area (Å²) < 4.78 is 0.923. The van der Waals surface area contributed by atoms with Crippen LogP contribution < -0.4 is 4.90 Å². The Morgan fingerprint density at radius 2 is 2.00 bits per heavy atom. The third-order valence-electron chi connectivity index (χ3n) is 2.56. The number of benzene rings is 1. The summed E-state index contributed by atoms with van der Waals surface area (Å²) in [6.07, 6.45) is 3.99. The lowest BCUT2D eigenvalue weighted by molar-refractivity contribution is 0.943. The Hall–Kier alpha value is -1.86. The van der Waals surface area contributed by atoms with E-state index in [1.807, 2.05) is 36.4 Å². The van der Waals surface area contributed by atoms with Crippen LogP contribution in [0.1, 0.15) is 6.42 Å². The van der Waals surface area contributed by atoms with Crippen molar-refractivity contribution in [2.24, 2.45) is 0 Å². The molecule has 2 rings (SSSR count). The number of nitrogens with zero attached hydrogens (tertiary/aromatic N) is 3. The molecule has 1 aromatic carbocycles. The summed E-state index contributed by atoms with van der Waals surface area (Å²) in [5.41, 5.74) is 2.09. The van der Waals surface area contributed by atoms with Gasteiger partial charge in [-0.15, -0.1) is 0 Å². The first-order valence-corrected chi connectivity index (χ1v) is 6.41. The van der Waals surface area contributed by atoms with Crippen LogP contribution in [0.2, 0.25) is 0 Å². The monoisotopic (exact) mass is 301 g/mol. The number of hydrogen-bond acceptors (Lipinski definition) is 3. The molecule has 0 radical (unpaired) electrons. The van der Waals surface area contributed by atoms with E-state index >= 15 is 0 Å². The molecule has 4 heteroatoms. The van der Waals surface area contributed by atoms with E-state index < -0.39 is 0 Å². The second-order valence-corrected chi connectivity index (χ2v) is 4.58. The van der Waals surface area contributed by atoms with Gasteiger partial charge in [-0.2, -0.15) is 5.26 Å². The highest BCUT2D eigenvalue weighted by atomic mass is 79.9. The molecule has 0 unspecified atom stereocenters. The first-order chi connectivity index (χ1) is 8.83. The molecule has 1 aromatic heterocycles. The fourth-order valence-electron chi connectivity index (χ4n) is 1.75. The molecule has 3 nitrogen and oxygen atoms in total. The summed E-state index contributed by atoms with van der Waals surface area (Å²) in [7, 11) is 0. The smallest absolute Gasteiger partial charge is 0.0640 e. The molecule has 18 heavy (non-hydrogen) atoms. The van der Waals surface area contributed by atoms with Crippen LogP contribution in [0.5, 0.6) is 0 Å². The number of aromatic nitrogens is 1.